The number of nitrogens with zero attached hydrogens (tertiary/aromatic N) is 5. The van der Waals surface area contributed by atoms with Gasteiger partial charge in [0, 0.05) is 23.6 Å². The lowest BCUT2D eigenvalue weighted by molar-refractivity contribution is 0.0795. The molecule has 0 unspecified atom stereocenters. The Bertz CT molecular complexity index is 1770. The monoisotopic (exact) mass is 546 g/mol. The fourth-order valence-corrected chi connectivity index (χ4v) is 7.87. The normalized spacial score (nSPS) is 23.2. The molecule has 5 aromatic rings. The highest BCUT2D eigenvalue weighted by molar-refractivity contribution is 5.74. The summed E-state index contributed by atoms with van der Waals surface area (Å²) < 4.78 is 7.42. The van der Waals surface area contributed by atoms with E-state index in [4.69, 9.17) is 15.1 Å². The molecule has 0 spiro atoms. The van der Waals surface area contributed by atoms with E-state index in [2.05, 4.69) is 56.0 Å². The molecule has 3 atom stereocenters. The number of piperidine rings is 1. The van der Waals surface area contributed by atoms with Crippen LogP contribution in [0.4, 0.5) is 17.5 Å². The number of benzene rings is 1. The highest BCUT2D eigenvalue weighted by Gasteiger charge is 2.51. The summed E-state index contributed by atoms with van der Waals surface area (Å²) in [6, 6.07) is 17.5. The predicted molar refractivity (Wildman–Crippen MR) is 158 cm³/mol. The molecule has 8 rings (SSSR count). The molecule has 4 N–H and O–H groups in total. The zero-order valence-corrected chi connectivity index (χ0v) is 23.2. The van der Waals surface area contributed by atoms with Gasteiger partial charge in [0.2, 0.25) is 11.8 Å². The molecule has 41 heavy (non-hydrogen) atoms. The van der Waals surface area contributed by atoms with Crippen LogP contribution >= 0.6 is 0 Å². The van der Waals surface area contributed by atoms with Crippen molar-refractivity contribution in [2.45, 2.75) is 63.3 Å². The fraction of sp³-hybridized carbons (Fsp3) is 0.375. The maximum absolute atomic E-state index is 6.08. The number of hydrogen-bond donors (Lipinski definition) is 3. The van der Waals surface area contributed by atoms with Crippen LogP contribution in [-0.4, -0.2) is 37.2 Å². The number of rotatable bonds is 5. The van der Waals surface area contributed by atoms with Crippen LogP contribution in [0.5, 0.6) is 0 Å². The van der Waals surface area contributed by atoms with Gasteiger partial charge in [-0.3, -0.25) is 0 Å². The van der Waals surface area contributed by atoms with Crippen molar-refractivity contribution >= 4 is 23.1 Å². The van der Waals surface area contributed by atoms with Crippen LogP contribution in [0.3, 0.4) is 0 Å². The number of furan rings is 1. The van der Waals surface area contributed by atoms with Gasteiger partial charge in [-0.25, -0.2) is 4.98 Å². The highest BCUT2D eigenvalue weighted by atomic mass is 16.3. The van der Waals surface area contributed by atoms with E-state index in [1.165, 1.54) is 37.7 Å². The minimum atomic E-state index is 0.152. The lowest BCUT2D eigenvalue weighted by Gasteiger charge is -2.56. The van der Waals surface area contributed by atoms with E-state index < -0.39 is 0 Å². The molecule has 9 nitrogen and oxygen atoms in total. The lowest BCUT2D eigenvalue weighted by Crippen LogP contribution is -2.59. The topological polar surface area (TPSA) is 119 Å². The molecule has 2 bridgehead atoms. The Kier molecular flexibility index (Phi) is 5.63. The minimum Gasteiger partial charge on any atom is -0.458 e. The summed E-state index contributed by atoms with van der Waals surface area (Å²) in [5.74, 6) is 3.54. The maximum atomic E-state index is 6.08. The zero-order chi connectivity index (χ0) is 27.6. The Hall–Kier alpha value is -4.24. The van der Waals surface area contributed by atoms with Crippen molar-refractivity contribution in [2.75, 3.05) is 17.6 Å². The third-order valence-electron chi connectivity index (χ3n) is 9.58. The molecule has 2 aliphatic carbocycles. The number of nitrogen functional groups attached to an aromatic ring is 1. The first-order valence-corrected chi connectivity index (χ1v) is 14.7. The van der Waals surface area contributed by atoms with E-state index in [9.17, 15) is 0 Å². The fourth-order valence-electron chi connectivity index (χ4n) is 7.87. The summed E-state index contributed by atoms with van der Waals surface area (Å²) in [6.07, 6.45) is 10.3. The van der Waals surface area contributed by atoms with Crippen molar-refractivity contribution in [1.82, 2.24) is 29.9 Å². The van der Waals surface area contributed by atoms with Crippen molar-refractivity contribution in [3.8, 4) is 11.6 Å². The molecule has 4 aromatic heterocycles. The number of anilines is 3. The third kappa shape index (κ3) is 4.01. The van der Waals surface area contributed by atoms with Crippen LogP contribution in [0.15, 0.2) is 59.1 Å². The molecule has 208 valence electrons. The summed E-state index contributed by atoms with van der Waals surface area (Å²) >= 11 is 0. The Morgan fingerprint density at radius 1 is 1.07 bits per heavy atom. The van der Waals surface area contributed by atoms with Gasteiger partial charge in [0.05, 0.1) is 6.20 Å². The maximum Gasteiger partial charge on any atom is 0.224 e. The summed E-state index contributed by atoms with van der Waals surface area (Å²) in [7, 11) is 0. The van der Waals surface area contributed by atoms with Gasteiger partial charge in [-0.2, -0.15) is 19.6 Å². The van der Waals surface area contributed by atoms with E-state index in [0.717, 1.165) is 42.6 Å². The first kappa shape index (κ1) is 24.5. The van der Waals surface area contributed by atoms with E-state index in [1.807, 2.05) is 25.1 Å². The van der Waals surface area contributed by atoms with Crippen molar-refractivity contribution in [3.63, 3.8) is 0 Å². The lowest BCUT2D eigenvalue weighted by atomic mass is 9.52. The number of nitrogens with two attached hydrogens (primary N) is 1. The van der Waals surface area contributed by atoms with Crippen LogP contribution < -0.4 is 16.4 Å². The van der Waals surface area contributed by atoms with Crippen LogP contribution in [0.1, 0.15) is 60.2 Å². The minimum absolute atomic E-state index is 0.152. The molecule has 5 heterocycles. The second-order valence-corrected chi connectivity index (χ2v) is 11.9. The second kappa shape index (κ2) is 9.41. The SMILES string of the molecule is Cc1ccc(-c2nc(N)nc3c(Nc4cccc(Cc5cccc6c5C[C@H]5NCC[C@@]67CCCC[C@@H]57)n4)cnn23)o1. The van der Waals surface area contributed by atoms with Crippen LogP contribution in [-0.2, 0) is 18.3 Å². The van der Waals surface area contributed by atoms with E-state index in [1.54, 1.807) is 21.8 Å². The molecule has 1 saturated carbocycles. The second-order valence-electron chi connectivity index (χ2n) is 11.9. The molecule has 1 saturated heterocycles. The summed E-state index contributed by atoms with van der Waals surface area (Å²) in [5.41, 5.74) is 13.3. The van der Waals surface area contributed by atoms with Gasteiger partial charge in [0.15, 0.2) is 11.4 Å². The largest absolute Gasteiger partial charge is 0.458 e. The molecule has 1 aromatic carbocycles. The number of fused-ring (bicyclic) bond motifs is 2. The average molecular weight is 547 g/mol. The van der Waals surface area contributed by atoms with Crippen molar-refractivity contribution in [2.24, 2.45) is 5.92 Å². The summed E-state index contributed by atoms with van der Waals surface area (Å²) in [6.45, 7) is 3.03. The van der Waals surface area contributed by atoms with E-state index >= 15 is 0 Å². The van der Waals surface area contributed by atoms with Gasteiger partial charge >= 0.3 is 0 Å². The number of nitrogens with one attached hydrogen (secondary N) is 2. The Morgan fingerprint density at radius 2 is 2.00 bits per heavy atom. The first-order valence-electron chi connectivity index (χ1n) is 14.7. The smallest absolute Gasteiger partial charge is 0.224 e. The Labute approximate surface area is 238 Å². The third-order valence-corrected chi connectivity index (χ3v) is 9.58. The van der Waals surface area contributed by atoms with Gasteiger partial charge in [-0.05, 0) is 86.0 Å². The number of hydrogen-bond acceptors (Lipinski definition) is 8. The molecular weight excluding hydrogens is 512 g/mol. The number of aromatic nitrogens is 5. The van der Waals surface area contributed by atoms with Crippen LogP contribution in [0, 0.1) is 12.8 Å². The van der Waals surface area contributed by atoms with Crippen LogP contribution in [0.25, 0.3) is 17.2 Å². The van der Waals surface area contributed by atoms with Crippen molar-refractivity contribution in [1.29, 1.82) is 0 Å². The number of aryl methyl sites for hydroxylation is 1. The molecule has 9 heteroatoms. The predicted octanol–water partition coefficient (Wildman–Crippen LogP) is 5.35. The highest BCUT2D eigenvalue weighted by Crippen LogP contribution is 2.54. The first-order chi connectivity index (χ1) is 20.1. The average Bonchev–Trinajstić information content (AvgIpc) is 3.59. The molecule has 0 radical (unpaired) electrons. The molecule has 1 aliphatic heterocycles. The molecular formula is C32H34N8O. The van der Waals surface area contributed by atoms with E-state index in [0.29, 0.717) is 34.4 Å². The van der Waals surface area contributed by atoms with Gasteiger partial charge in [-0.1, -0.05) is 37.1 Å². The van der Waals surface area contributed by atoms with Crippen molar-refractivity contribution in [3.05, 3.63) is 82.9 Å². The van der Waals surface area contributed by atoms with Gasteiger partial charge < -0.3 is 20.8 Å². The Morgan fingerprint density at radius 3 is 2.90 bits per heavy atom. The zero-order valence-electron chi connectivity index (χ0n) is 23.2. The molecule has 2 fully saturated rings. The molecule has 0 amide bonds. The number of pyridine rings is 1. The summed E-state index contributed by atoms with van der Waals surface area (Å²) in [5, 5.41) is 11.8. The standard InChI is InChI=1S/C32H34N8O/c1-19-11-12-27(41-19)30-39-31(33)38-29-26(18-35-40(29)30)37-28-10-5-7-21(36-28)16-20-6-4-9-23-22(20)17-25-24-8-2-3-13-32(23,24)14-15-34-25/h4-7,9-12,18,24-25,34H,2-3,8,13-17H2,1H3,(H2,33,38)(H,36,37)/t24-,25+,32-/m0/s1. The van der Waals surface area contributed by atoms with Crippen molar-refractivity contribution < 1.29 is 4.42 Å². The van der Waals surface area contributed by atoms with Gasteiger partial charge in [-0.15, -0.1) is 0 Å². The summed E-state index contributed by atoms with van der Waals surface area (Å²) in [4.78, 5) is 13.8. The molecule has 3 aliphatic rings. The van der Waals surface area contributed by atoms with E-state index in [-0.39, 0.29) is 5.95 Å². The quantitative estimate of drug-likeness (QED) is 0.270. The Balaban J connectivity index is 1.10. The van der Waals surface area contributed by atoms with Gasteiger partial charge in [0.25, 0.3) is 0 Å². The van der Waals surface area contributed by atoms with Gasteiger partial charge in [0.1, 0.15) is 17.3 Å². The van der Waals surface area contributed by atoms with Crippen LogP contribution in [0.2, 0.25) is 0 Å².